The minimum absolute atomic E-state index is 0.0256. The Morgan fingerprint density at radius 1 is 1.12 bits per heavy atom. The topological polar surface area (TPSA) is 57.3 Å². The van der Waals surface area contributed by atoms with Crippen molar-refractivity contribution in [1.29, 1.82) is 0 Å². The summed E-state index contributed by atoms with van der Waals surface area (Å²) in [7, 11) is 2.08. The van der Waals surface area contributed by atoms with Crippen LogP contribution in [0.15, 0.2) is 30.3 Å². The van der Waals surface area contributed by atoms with E-state index in [2.05, 4.69) is 33.6 Å². The van der Waals surface area contributed by atoms with Gasteiger partial charge in [0.25, 0.3) is 5.91 Å². The van der Waals surface area contributed by atoms with Crippen LogP contribution in [0, 0.1) is 6.92 Å². The number of amides is 1. The molecule has 0 atom stereocenters. The number of nitrogens with one attached hydrogen (secondary N) is 2. The van der Waals surface area contributed by atoms with Crippen LogP contribution in [0.2, 0.25) is 0 Å². The second kappa shape index (κ2) is 9.10. The normalized spacial score (nSPS) is 21.7. The summed E-state index contributed by atoms with van der Waals surface area (Å²) in [6.07, 6.45) is -0.445. The minimum Gasteiger partial charge on any atom is -0.382 e. The van der Waals surface area contributed by atoms with Crippen molar-refractivity contribution in [3.05, 3.63) is 58.4 Å². The number of hydrogen-bond acceptors (Lipinski definition) is 4. The van der Waals surface area contributed by atoms with Gasteiger partial charge in [-0.25, -0.2) is 4.98 Å². The molecule has 0 bridgehead atoms. The number of halogens is 3. The van der Waals surface area contributed by atoms with Gasteiger partial charge in [0, 0.05) is 42.1 Å². The summed E-state index contributed by atoms with van der Waals surface area (Å²) in [5, 5.41) is 6.41. The quantitative estimate of drug-likeness (QED) is 0.724. The van der Waals surface area contributed by atoms with Gasteiger partial charge in [-0.2, -0.15) is 13.2 Å². The average Bonchev–Trinajstić information content (AvgIpc) is 2.73. The SMILES string of the molecule is Cc1cc(NC2CCC(NC(=O)c3cccc4c3CCN(C)C4)CC2)cc(C(F)(F)F)n1. The number of likely N-dealkylation sites (N-methyl/N-ethyl adjacent to an activating group) is 1. The molecule has 2 N–H and O–H groups in total. The summed E-state index contributed by atoms with van der Waals surface area (Å²) in [5.74, 6) is -0.0256. The number of pyridine rings is 1. The molecule has 1 fully saturated rings. The summed E-state index contributed by atoms with van der Waals surface area (Å²) in [4.78, 5) is 18.8. The Hall–Kier alpha value is -2.61. The molecule has 32 heavy (non-hydrogen) atoms. The predicted molar refractivity (Wildman–Crippen MR) is 118 cm³/mol. The Kier molecular flexibility index (Phi) is 6.42. The van der Waals surface area contributed by atoms with Crippen LogP contribution in [-0.2, 0) is 19.1 Å². The van der Waals surface area contributed by atoms with Crippen LogP contribution in [0.3, 0.4) is 0 Å². The van der Waals surface area contributed by atoms with Crippen molar-refractivity contribution in [2.24, 2.45) is 0 Å². The molecule has 4 rings (SSSR count). The highest BCUT2D eigenvalue weighted by Gasteiger charge is 2.33. The van der Waals surface area contributed by atoms with Crippen LogP contribution in [0.1, 0.15) is 58.6 Å². The van der Waals surface area contributed by atoms with Crippen LogP contribution in [0.5, 0.6) is 0 Å². The Labute approximate surface area is 186 Å². The lowest BCUT2D eigenvalue weighted by Crippen LogP contribution is -2.41. The van der Waals surface area contributed by atoms with Gasteiger partial charge in [0.05, 0.1) is 0 Å². The molecule has 1 aromatic carbocycles. The fourth-order valence-corrected chi connectivity index (χ4v) is 4.74. The van der Waals surface area contributed by atoms with Crippen molar-refractivity contribution in [3.63, 3.8) is 0 Å². The molecule has 2 aliphatic rings. The minimum atomic E-state index is -4.46. The molecular formula is C24H29F3N4O. The zero-order chi connectivity index (χ0) is 22.9. The molecule has 5 nitrogen and oxygen atoms in total. The number of benzene rings is 1. The van der Waals surface area contributed by atoms with E-state index in [1.807, 2.05) is 12.1 Å². The van der Waals surface area contributed by atoms with Crippen molar-refractivity contribution >= 4 is 11.6 Å². The fraction of sp³-hybridized carbons (Fsp3) is 0.500. The molecule has 1 amide bonds. The monoisotopic (exact) mass is 446 g/mol. The molecule has 2 aromatic rings. The summed E-state index contributed by atoms with van der Waals surface area (Å²) in [6.45, 7) is 3.36. The zero-order valence-electron chi connectivity index (χ0n) is 18.4. The number of rotatable bonds is 4. The van der Waals surface area contributed by atoms with Crippen molar-refractivity contribution < 1.29 is 18.0 Å². The van der Waals surface area contributed by atoms with Crippen molar-refractivity contribution in [2.75, 3.05) is 18.9 Å². The van der Waals surface area contributed by atoms with Gasteiger partial charge in [0.15, 0.2) is 0 Å². The highest BCUT2D eigenvalue weighted by atomic mass is 19.4. The van der Waals surface area contributed by atoms with Gasteiger partial charge >= 0.3 is 6.18 Å². The van der Waals surface area contributed by atoms with Gasteiger partial charge in [-0.3, -0.25) is 4.79 Å². The predicted octanol–water partition coefficient (Wildman–Crippen LogP) is 4.55. The first-order valence-corrected chi connectivity index (χ1v) is 11.1. The standard InChI is InChI=1S/C24H29F3N4O/c1-15-12-19(13-22(28-15)24(25,26)27)29-17-6-8-18(9-7-17)30-23(32)21-5-3-4-16-14-31(2)11-10-20(16)21/h3-5,12-13,17-18H,6-11,14H2,1-2H3,(H,28,29)(H,30,32). The first-order valence-electron chi connectivity index (χ1n) is 11.1. The van der Waals surface area contributed by atoms with E-state index in [0.29, 0.717) is 11.4 Å². The summed E-state index contributed by atoms with van der Waals surface area (Å²) >= 11 is 0. The summed E-state index contributed by atoms with van der Waals surface area (Å²) in [5.41, 5.74) is 3.03. The number of anilines is 1. The average molecular weight is 447 g/mol. The van der Waals surface area contributed by atoms with Gasteiger partial charge in [0.2, 0.25) is 0 Å². The molecule has 0 saturated heterocycles. The highest BCUT2D eigenvalue weighted by molar-refractivity contribution is 5.96. The number of fused-ring (bicyclic) bond motifs is 1. The molecule has 2 heterocycles. The molecular weight excluding hydrogens is 417 g/mol. The molecule has 1 aliphatic carbocycles. The molecule has 0 spiro atoms. The Morgan fingerprint density at radius 3 is 2.56 bits per heavy atom. The largest absolute Gasteiger partial charge is 0.433 e. The van der Waals surface area contributed by atoms with Gasteiger partial charge in [0.1, 0.15) is 5.69 Å². The Morgan fingerprint density at radius 2 is 1.84 bits per heavy atom. The third kappa shape index (κ3) is 5.23. The molecule has 1 saturated carbocycles. The van der Waals surface area contributed by atoms with Crippen LogP contribution < -0.4 is 10.6 Å². The van der Waals surface area contributed by atoms with E-state index in [1.165, 1.54) is 5.56 Å². The maximum Gasteiger partial charge on any atom is 0.433 e. The second-order valence-corrected chi connectivity index (χ2v) is 8.98. The lowest BCUT2D eigenvalue weighted by Gasteiger charge is -2.31. The molecule has 172 valence electrons. The Balaban J connectivity index is 1.34. The third-order valence-electron chi connectivity index (χ3n) is 6.38. The molecule has 8 heteroatoms. The maximum absolute atomic E-state index is 13.0. The van der Waals surface area contributed by atoms with E-state index >= 15 is 0 Å². The first-order chi connectivity index (χ1) is 15.2. The summed E-state index contributed by atoms with van der Waals surface area (Å²) < 4.78 is 39.1. The number of hydrogen-bond donors (Lipinski definition) is 2. The third-order valence-corrected chi connectivity index (χ3v) is 6.38. The van der Waals surface area contributed by atoms with E-state index < -0.39 is 11.9 Å². The van der Waals surface area contributed by atoms with E-state index in [1.54, 1.807) is 13.0 Å². The molecule has 1 aliphatic heterocycles. The fourth-order valence-electron chi connectivity index (χ4n) is 4.74. The van der Waals surface area contributed by atoms with E-state index in [0.717, 1.165) is 62.4 Å². The lowest BCUT2D eigenvalue weighted by molar-refractivity contribution is -0.141. The van der Waals surface area contributed by atoms with Crippen LogP contribution in [0.4, 0.5) is 18.9 Å². The van der Waals surface area contributed by atoms with Crippen molar-refractivity contribution in [2.45, 2.75) is 63.8 Å². The summed E-state index contributed by atoms with van der Waals surface area (Å²) in [6, 6.07) is 8.79. The Bertz CT molecular complexity index is 984. The maximum atomic E-state index is 13.0. The van der Waals surface area contributed by atoms with Crippen LogP contribution in [-0.4, -0.2) is 41.5 Å². The van der Waals surface area contributed by atoms with E-state index in [4.69, 9.17) is 0 Å². The number of carbonyl (C=O) groups excluding carboxylic acids is 1. The number of aryl methyl sites for hydroxylation is 1. The van der Waals surface area contributed by atoms with Gasteiger partial charge in [-0.05, 0) is 75.4 Å². The smallest absolute Gasteiger partial charge is 0.382 e. The molecule has 0 radical (unpaired) electrons. The first kappa shape index (κ1) is 22.6. The number of aromatic nitrogens is 1. The van der Waals surface area contributed by atoms with Crippen LogP contribution in [0.25, 0.3) is 0 Å². The number of nitrogens with zero attached hydrogens (tertiary/aromatic N) is 2. The number of alkyl halides is 3. The van der Waals surface area contributed by atoms with Gasteiger partial charge in [-0.1, -0.05) is 12.1 Å². The van der Waals surface area contributed by atoms with Crippen molar-refractivity contribution in [3.8, 4) is 0 Å². The highest BCUT2D eigenvalue weighted by Crippen LogP contribution is 2.31. The lowest BCUT2D eigenvalue weighted by atomic mass is 9.90. The van der Waals surface area contributed by atoms with Gasteiger partial charge < -0.3 is 15.5 Å². The second-order valence-electron chi connectivity index (χ2n) is 8.98. The number of carbonyl (C=O) groups is 1. The van der Waals surface area contributed by atoms with E-state index in [-0.39, 0.29) is 18.0 Å². The molecule has 0 unspecified atom stereocenters. The van der Waals surface area contributed by atoms with Crippen molar-refractivity contribution in [1.82, 2.24) is 15.2 Å². The van der Waals surface area contributed by atoms with Gasteiger partial charge in [-0.15, -0.1) is 0 Å². The van der Waals surface area contributed by atoms with E-state index in [9.17, 15) is 18.0 Å². The zero-order valence-corrected chi connectivity index (χ0v) is 18.4. The van der Waals surface area contributed by atoms with Crippen LogP contribution >= 0.6 is 0 Å². The molecule has 1 aromatic heterocycles.